The summed E-state index contributed by atoms with van der Waals surface area (Å²) in [6, 6.07) is 9.92. The van der Waals surface area contributed by atoms with Gasteiger partial charge in [-0.2, -0.15) is 0 Å². The van der Waals surface area contributed by atoms with Crippen LogP contribution in [0.5, 0.6) is 0 Å². The molecule has 1 fully saturated rings. The Hall–Kier alpha value is -1.41. The summed E-state index contributed by atoms with van der Waals surface area (Å²) < 4.78 is 17.2. The van der Waals surface area contributed by atoms with Crippen LogP contribution in [0.2, 0.25) is 0 Å². The Morgan fingerprint density at radius 2 is 2.14 bits per heavy atom. The lowest BCUT2D eigenvalue weighted by Gasteiger charge is -2.23. The number of hydrogen-bond acceptors (Lipinski definition) is 7. The highest BCUT2D eigenvalue weighted by Crippen LogP contribution is 2.35. The van der Waals surface area contributed by atoms with E-state index in [2.05, 4.69) is 10.2 Å². The van der Waals surface area contributed by atoms with Gasteiger partial charge in [-0.15, -0.1) is 10.2 Å². The van der Waals surface area contributed by atoms with Crippen LogP contribution < -0.4 is 5.73 Å². The number of aromatic nitrogens is 2. The van der Waals surface area contributed by atoms with Gasteiger partial charge in [0.15, 0.2) is 5.79 Å². The van der Waals surface area contributed by atoms with Crippen molar-refractivity contribution in [2.45, 2.75) is 30.6 Å². The first-order chi connectivity index (χ1) is 10.2. The number of hydrogen-bond donors (Lipinski definition) is 1. The normalized spacial score (nSPS) is 25.3. The second-order valence-corrected chi connectivity index (χ2v) is 5.81. The van der Waals surface area contributed by atoms with Crippen LogP contribution in [0.3, 0.4) is 0 Å². The minimum atomic E-state index is -0.691. The van der Waals surface area contributed by atoms with Gasteiger partial charge >= 0.3 is 0 Å². The molecule has 3 rings (SSSR count). The second-order valence-electron chi connectivity index (χ2n) is 4.84. The fourth-order valence-corrected chi connectivity index (χ4v) is 2.90. The number of ether oxygens (including phenoxy) is 2. The topological polar surface area (TPSA) is 83.4 Å². The van der Waals surface area contributed by atoms with Crippen molar-refractivity contribution >= 4 is 11.8 Å². The lowest BCUT2D eigenvalue weighted by Crippen LogP contribution is -2.24. The molecule has 1 saturated heterocycles. The first kappa shape index (κ1) is 14.5. The van der Waals surface area contributed by atoms with Crippen LogP contribution >= 0.6 is 11.8 Å². The zero-order valence-corrected chi connectivity index (χ0v) is 12.5. The predicted octanol–water partition coefficient (Wildman–Crippen LogP) is 1.91. The first-order valence-electron chi connectivity index (χ1n) is 6.72. The predicted molar refractivity (Wildman–Crippen MR) is 77.5 cm³/mol. The van der Waals surface area contributed by atoms with Crippen LogP contribution in [0.25, 0.3) is 0 Å². The number of nitrogens with two attached hydrogens (primary N) is 1. The molecule has 7 heteroatoms. The molecule has 2 heterocycles. The Morgan fingerprint density at radius 1 is 1.33 bits per heavy atom. The molecule has 0 bridgehead atoms. The molecule has 1 aromatic heterocycles. The van der Waals surface area contributed by atoms with E-state index in [9.17, 15) is 0 Å². The van der Waals surface area contributed by atoms with Crippen LogP contribution in [-0.2, 0) is 21.8 Å². The SMILES string of the molecule is CC1(c2ccccc2)OCC(CSc2nnc(CN)o2)O1. The van der Waals surface area contributed by atoms with E-state index in [1.807, 2.05) is 37.3 Å². The summed E-state index contributed by atoms with van der Waals surface area (Å²) in [5.41, 5.74) is 6.45. The van der Waals surface area contributed by atoms with Gasteiger partial charge in [0, 0.05) is 11.3 Å². The van der Waals surface area contributed by atoms with Gasteiger partial charge in [0.05, 0.1) is 19.3 Å². The van der Waals surface area contributed by atoms with E-state index in [1.165, 1.54) is 11.8 Å². The smallest absolute Gasteiger partial charge is 0.276 e. The molecule has 0 spiro atoms. The summed E-state index contributed by atoms with van der Waals surface area (Å²) >= 11 is 1.45. The lowest BCUT2D eigenvalue weighted by molar-refractivity contribution is -0.159. The van der Waals surface area contributed by atoms with Gasteiger partial charge in [0.25, 0.3) is 5.22 Å². The maximum atomic E-state index is 6.03. The van der Waals surface area contributed by atoms with E-state index in [-0.39, 0.29) is 12.6 Å². The van der Waals surface area contributed by atoms with Crippen molar-refractivity contribution in [3.63, 3.8) is 0 Å². The Bertz CT molecular complexity index is 592. The van der Waals surface area contributed by atoms with Gasteiger partial charge in [0.2, 0.25) is 5.89 Å². The summed E-state index contributed by atoms with van der Waals surface area (Å²) in [7, 11) is 0. The molecule has 0 radical (unpaired) electrons. The van der Waals surface area contributed by atoms with Crippen molar-refractivity contribution in [2.75, 3.05) is 12.4 Å². The molecule has 2 atom stereocenters. The maximum absolute atomic E-state index is 6.03. The Morgan fingerprint density at radius 3 is 2.86 bits per heavy atom. The molecular weight excluding hydrogens is 290 g/mol. The van der Waals surface area contributed by atoms with Crippen molar-refractivity contribution in [2.24, 2.45) is 5.73 Å². The van der Waals surface area contributed by atoms with Crippen molar-refractivity contribution in [1.82, 2.24) is 10.2 Å². The van der Waals surface area contributed by atoms with Gasteiger partial charge in [0.1, 0.15) is 0 Å². The molecular formula is C14H17N3O3S. The zero-order chi connectivity index (χ0) is 14.7. The van der Waals surface area contributed by atoms with Gasteiger partial charge in [-0.3, -0.25) is 0 Å². The molecule has 2 aromatic rings. The van der Waals surface area contributed by atoms with E-state index in [4.69, 9.17) is 19.6 Å². The first-order valence-corrected chi connectivity index (χ1v) is 7.71. The van der Waals surface area contributed by atoms with E-state index >= 15 is 0 Å². The largest absolute Gasteiger partial charge is 0.415 e. The van der Waals surface area contributed by atoms with Crippen molar-refractivity contribution in [1.29, 1.82) is 0 Å². The van der Waals surface area contributed by atoms with Gasteiger partial charge < -0.3 is 19.6 Å². The second kappa shape index (κ2) is 6.15. The summed E-state index contributed by atoms with van der Waals surface area (Å²) in [6.45, 7) is 2.73. The van der Waals surface area contributed by atoms with Crippen molar-refractivity contribution in [3.05, 3.63) is 41.8 Å². The summed E-state index contributed by atoms with van der Waals surface area (Å²) in [4.78, 5) is 0. The molecule has 0 amide bonds. The van der Waals surface area contributed by atoms with E-state index < -0.39 is 5.79 Å². The van der Waals surface area contributed by atoms with Crippen LogP contribution in [0.4, 0.5) is 0 Å². The zero-order valence-electron chi connectivity index (χ0n) is 11.7. The molecule has 112 valence electrons. The summed E-state index contributed by atoms with van der Waals surface area (Å²) in [6.07, 6.45) is -0.0200. The van der Waals surface area contributed by atoms with Crippen LogP contribution in [0, 0.1) is 0 Å². The average Bonchev–Trinajstić information content (AvgIpc) is 3.13. The van der Waals surface area contributed by atoms with E-state index in [0.717, 1.165) is 5.56 Å². The van der Waals surface area contributed by atoms with Gasteiger partial charge in [-0.05, 0) is 6.92 Å². The quantitative estimate of drug-likeness (QED) is 0.845. The lowest BCUT2D eigenvalue weighted by atomic mass is 10.1. The third-order valence-electron chi connectivity index (χ3n) is 3.25. The fraction of sp³-hybridized carbons (Fsp3) is 0.429. The van der Waals surface area contributed by atoms with Crippen LogP contribution in [0.15, 0.2) is 40.0 Å². The molecule has 2 unspecified atom stereocenters. The maximum Gasteiger partial charge on any atom is 0.276 e. The number of nitrogens with zero attached hydrogens (tertiary/aromatic N) is 2. The summed E-state index contributed by atoms with van der Waals surface area (Å²) in [5, 5.41) is 8.24. The standard InChI is InChI=1S/C14H17N3O3S/c1-14(10-5-3-2-4-6-10)18-8-11(20-14)9-21-13-17-16-12(7-15)19-13/h2-6,11H,7-9,15H2,1H3. The number of thioether (sulfide) groups is 1. The molecule has 1 aromatic carbocycles. The Kier molecular flexibility index (Phi) is 4.25. The van der Waals surface area contributed by atoms with E-state index in [0.29, 0.717) is 23.5 Å². The molecule has 0 aliphatic carbocycles. The van der Waals surface area contributed by atoms with Crippen LogP contribution in [0.1, 0.15) is 18.4 Å². The molecule has 6 nitrogen and oxygen atoms in total. The van der Waals surface area contributed by atoms with Gasteiger partial charge in [-0.1, -0.05) is 42.1 Å². The van der Waals surface area contributed by atoms with Crippen LogP contribution in [-0.4, -0.2) is 28.7 Å². The van der Waals surface area contributed by atoms with E-state index in [1.54, 1.807) is 0 Å². The number of benzene rings is 1. The molecule has 1 aliphatic heterocycles. The summed E-state index contributed by atoms with van der Waals surface area (Å²) in [5.74, 6) is 0.438. The Labute approximate surface area is 127 Å². The molecule has 0 saturated carbocycles. The highest BCUT2D eigenvalue weighted by molar-refractivity contribution is 7.99. The minimum Gasteiger partial charge on any atom is -0.415 e. The van der Waals surface area contributed by atoms with Crippen molar-refractivity contribution < 1.29 is 13.9 Å². The average molecular weight is 307 g/mol. The monoisotopic (exact) mass is 307 g/mol. The highest BCUT2D eigenvalue weighted by Gasteiger charge is 2.38. The third kappa shape index (κ3) is 3.26. The van der Waals surface area contributed by atoms with Gasteiger partial charge in [-0.25, -0.2) is 0 Å². The molecule has 1 aliphatic rings. The Balaban J connectivity index is 1.57. The van der Waals surface area contributed by atoms with Crippen molar-refractivity contribution in [3.8, 4) is 0 Å². The fourth-order valence-electron chi connectivity index (χ4n) is 2.16. The molecule has 2 N–H and O–H groups in total. The third-order valence-corrected chi connectivity index (χ3v) is 4.20. The minimum absolute atomic E-state index is 0.0200. The molecule has 21 heavy (non-hydrogen) atoms. The number of rotatable bonds is 5. The highest BCUT2D eigenvalue weighted by atomic mass is 32.2.